The lowest BCUT2D eigenvalue weighted by atomic mass is 10.1. The molecule has 2 atom stereocenters. The first-order valence-corrected chi connectivity index (χ1v) is 13.5. The van der Waals surface area contributed by atoms with E-state index in [4.69, 9.17) is 23.2 Å². The third kappa shape index (κ3) is 7.61. The number of benzene rings is 2. The lowest BCUT2D eigenvalue weighted by Gasteiger charge is -2.32. The quantitative estimate of drug-likeness (QED) is 0.495. The molecule has 2 aromatic rings. The average molecular weight is 529 g/mol. The van der Waals surface area contributed by atoms with Crippen molar-refractivity contribution in [3.8, 4) is 0 Å². The molecule has 7 nitrogen and oxygen atoms in total. The van der Waals surface area contributed by atoms with Crippen molar-refractivity contribution in [3.05, 3.63) is 63.6 Å². The second-order valence-electron chi connectivity index (χ2n) is 8.35. The molecule has 0 unspecified atom stereocenters. The molecule has 0 saturated carbocycles. The van der Waals surface area contributed by atoms with Crippen molar-refractivity contribution in [3.63, 3.8) is 0 Å². The SMILES string of the molecule is CC[C@@H](C)NC(=O)[C@@H](C)N(Cc1cccc(Cl)c1)C(=O)CN(c1ccc(C)c(Cl)c1)S(C)(=O)=O. The van der Waals surface area contributed by atoms with Crippen LogP contribution in [0.3, 0.4) is 0 Å². The van der Waals surface area contributed by atoms with Gasteiger partial charge in [0, 0.05) is 22.6 Å². The molecule has 0 heterocycles. The van der Waals surface area contributed by atoms with E-state index in [1.54, 1.807) is 50.2 Å². The number of anilines is 1. The second kappa shape index (κ2) is 11.9. The van der Waals surface area contributed by atoms with Crippen LogP contribution in [0.2, 0.25) is 10.0 Å². The van der Waals surface area contributed by atoms with Gasteiger partial charge in [-0.3, -0.25) is 13.9 Å². The van der Waals surface area contributed by atoms with Crippen LogP contribution in [0.1, 0.15) is 38.3 Å². The van der Waals surface area contributed by atoms with E-state index in [0.29, 0.717) is 15.6 Å². The van der Waals surface area contributed by atoms with Crippen molar-refractivity contribution >= 4 is 50.7 Å². The van der Waals surface area contributed by atoms with Gasteiger partial charge in [0.25, 0.3) is 0 Å². The number of carbonyl (C=O) groups is 2. The number of amides is 2. The maximum absolute atomic E-state index is 13.5. The van der Waals surface area contributed by atoms with Gasteiger partial charge >= 0.3 is 0 Å². The third-order valence-electron chi connectivity index (χ3n) is 5.53. The summed E-state index contributed by atoms with van der Waals surface area (Å²) in [4.78, 5) is 27.7. The van der Waals surface area contributed by atoms with E-state index in [2.05, 4.69) is 5.32 Å². The number of halogens is 2. The van der Waals surface area contributed by atoms with E-state index in [9.17, 15) is 18.0 Å². The minimum atomic E-state index is -3.82. The maximum Gasteiger partial charge on any atom is 0.244 e. The van der Waals surface area contributed by atoms with Gasteiger partial charge in [-0.05, 0) is 62.6 Å². The van der Waals surface area contributed by atoms with Gasteiger partial charge in [-0.25, -0.2) is 8.42 Å². The molecule has 0 aromatic heterocycles. The minimum absolute atomic E-state index is 0.0692. The molecule has 0 aliphatic heterocycles. The Balaban J connectivity index is 2.41. The molecule has 186 valence electrons. The van der Waals surface area contributed by atoms with Crippen LogP contribution >= 0.6 is 23.2 Å². The van der Waals surface area contributed by atoms with Crippen LogP contribution in [-0.2, 0) is 26.2 Å². The zero-order chi connectivity index (χ0) is 25.6. The van der Waals surface area contributed by atoms with Gasteiger partial charge in [0.15, 0.2) is 0 Å². The lowest BCUT2D eigenvalue weighted by Crippen LogP contribution is -2.52. The summed E-state index contributed by atoms with van der Waals surface area (Å²) in [5.41, 5.74) is 1.77. The molecule has 34 heavy (non-hydrogen) atoms. The second-order valence-corrected chi connectivity index (χ2v) is 11.1. The van der Waals surface area contributed by atoms with E-state index in [1.165, 1.54) is 11.0 Å². The fourth-order valence-electron chi connectivity index (χ4n) is 3.23. The topological polar surface area (TPSA) is 86.8 Å². The van der Waals surface area contributed by atoms with E-state index in [-0.39, 0.29) is 24.2 Å². The Morgan fingerprint density at radius 2 is 1.76 bits per heavy atom. The molecule has 0 saturated heterocycles. The molecule has 2 amide bonds. The highest BCUT2D eigenvalue weighted by Crippen LogP contribution is 2.25. The summed E-state index contributed by atoms with van der Waals surface area (Å²) in [5.74, 6) is -0.858. The zero-order valence-electron chi connectivity index (χ0n) is 20.0. The predicted molar refractivity (Wildman–Crippen MR) is 138 cm³/mol. The Morgan fingerprint density at radius 1 is 1.09 bits per heavy atom. The predicted octanol–water partition coefficient (Wildman–Crippen LogP) is 4.40. The first kappa shape index (κ1) is 28.0. The molecule has 0 radical (unpaired) electrons. The number of aryl methyl sites for hydroxylation is 1. The Morgan fingerprint density at radius 3 is 2.32 bits per heavy atom. The average Bonchev–Trinajstić information content (AvgIpc) is 2.76. The summed E-state index contributed by atoms with van der Waals surface area (Å²) in [6, 6.07) is 10.8. The molecule has 1 N–H and O–H groups in total. The molecule has 0 aliphatic rings. The molecular weight excluding hydrogens is 497 g/mol. The standard InChI is InChI=1S/C24H31Cl2N3O4S/c1-6-17(3)27-24(31)18(4)28(14-19-8-7-9-20(25)12-19)23(30)15-29(34(5,32)33)21-11-10-16(2)22(26)13-21/h7-13,17-18H,6,14-15H2,1-5H3,(H,27,31)/t17-,18-/m1/s1. The van der Waals surface area contributed by atoms with Gasteiger partial charge < -0.3 is 10.2 Å². The Labute approximate surface area is 212 Å². The van der Waals surface area contributed by atoms with Crippen molar-refractivity contribution in [2.75, 3.05) is 17.1 Å². The van der Waals surface area contributed by atoms with E-state index in [1.807, 2.05) is 13.8 Å². The number of sulfonamides is 1. The Kier molecular flexibility index (Phi) is 9.79. The van der Waals surface area contributed by atoms with Crippen molar-refractivity contribution < 1.29 is 18.0 Å². The van der Waals surface area contributed by atoms with Gasteiger partial charge in [-0.1, -0.05) is 48.3 Å². The van der Waals surface area contributed by atoms with Crippen molar-refractivity contribution in [1.29, 1.82) is 0 Å². The van der Waals surface area contributed by atoms with Gasteiger partial charge in [0.2, 0.25) is 21.8 Å². The van der Waals surface area contributed by atoms with Crippen LogP contribution in [0.5, 0.6) is 0 Å². The van der Waals surface area contributed by atoms with Crippen LogP contribution in [0, 0.1) is 6.92 Å². The molecule has 0 bridgehead atoms. The number of hydrogen-bond donors (Lipinski definition) is 1. The van der Waals surface area contributed by atoms with E-state index in [0.717, 1.165) is 22.5 Å². The highest BCUT2D eigenvalue weighted by molar-refractivity contribution is 7.92. The van der Waals surface area contributed by atoms with Gasteiger partial charge in [-0.2, -0.15) is 0 Å². The van der Waals surface area contributed by atoms with Crippen LogP contribution in [0.4, 0.5) is 5.69 Å². The molecule has 10 heteroatoms. The lowest BCUT2D eigenvalue weighted by molar-refractivity contribution is -0.139. The summed E-state index contributed by atoms with van der Waals surface area (Å²) in [6.07, 6.45) is 1.76. The number of nitrogens with one attached hydrogen (secondary N) is 1. The molecule has 0 aliphatic carbocycles. The van der Waals surface area contributed by atoms with Crippen LogP contribution in [0.25, 0.3) is 0 Å². The van der Waals surface area contributed by atoms with Crippen LogP contribution in [0.15, 0.2) is 42.5 Å². The summed E-state index contributed by atoms with van der Waals surface area (Å²) in [5, 5.41) is 3.76. The van der Waals surface area contributed by atoms with Crippen molar-refractivity contribution in [2.24, 2.45) is 0 Å². The summed E-state index contributed by atoms with van der Waals surface area (Å²) < 4.78 is 26.2. The highest BCUT2D eigenvalue weighted by Gasteiger charge is 2.30. The normalized spacial score (nSPS) is 13.1. The Bertz CT molecular complexity index is 1140. The maximum atomic E-state index is 13.5. The number of rotatable bonds is 10. The number of hydrogen-bond acceptors (Lipinski definition) is 4. The summed E-state index contributed by atoms with van der Waals surface area (Å²) in [7, 11) is -3.82. The monoisotopic (exact) mass is 527 g/mol. The van der Waals surface area contributed by atoms with Gasteiger partial charge in [-0.15, -0.1) is 0 Å². The van der Waals surface area contributed by atoms with Gasteiger partial charge in [0.1, 0.15) is 12.6 Å². The van der Waals surface area contributed by atoms with Crippen molar-refractivity contribution in [1.82, 2.24) is 10.2 Å². The molecular formula is C24H31Cl2N3O4S. The summed E-state index contributed by atoms with van der Waals surface area (Å²) >= 11 is 12.3. The molecule has 0 fully saturated rings. The van der Waals surface area contributed by atoms with Crippen LogP contribution < -0.4 is 9.62 Å². The molecule has 2 rings (SSSR count). The van der Waals surface area contributed by atoms with E-state index >= 15 is 0 Å². The summed E-state index contributed by atoms with van der Waals surface area (Å²) in [6.45, 7) is 6.84. The highest BCUT2D eigenvalue weighted by atomic mass is 35.5. The number of carbonyl (C=O) groups excluding carboxylic acids is 2. The Hall–Kier alpha value is -2.29. The largest absolute Gasteiger partial charge is 0.352 e. The smallest absolute Gasteiger partial charge is 0.244 e. The molecule has 2 aromatic carbocycles. The van der Waals surface area contributed by atoms with Crippen molar-refractivity contribution in [2.45, 2.75) is 52.7 Å². The molecule has 0 spiro atoms. The third-order valence-corrected chi connectivity index (χ3v) is 7.32. The minimum Gasteiger partial charge on any atom is -0.352 e. The number of nitrogens with zero attached hydrogens (tertiary/aromatic N) is 2. The van der Waals surface area contributed by atoms with E-state index < -0.39 is 28.5 Å². The first-order valence-electron chi connectivity index (χ1n) is 10.9. The van der Waals surface area contributed by atoms with Crippen LogP contribution in [-0.4, -0.2) is 50.0 Å². The first-order chi connectivity index (χ1) is 15.8. The zero-order valence-corrected chi connectivity index (χ0v) is 22.3. The fourth-order valence-corrected chi connectivity index (χ4v) is 4.46. The van der Waals surface area contributed by atoms with Gasteiger partial charge in [0.05, 0.1) is 11.9 Å². The fraction of sp³-hybridized carbons (Fsp3) is 0.417.